The van der Waals surface area contributed by atoms with Gasteiger partial charge in [-0.3, -0.25) is 10.6 Å². The van der Waals surface area contributed by atoms with Crippen LogP contribution in [0.4, 0.5) is 6.01 Å². The first-order chi connectivity index (χ1) is 11.1. The van der Waals surface area contributed by atoms with Crippen molar-refractivity contribution in [3.63, 3.8) is 0 Å². The largest absolute Gasteiger partial charge is 0.423 e. The number of hydrogen-bond donors (Lipinski definition) is 1. The molecule has 2 aromatic rings. The summed E-state index contributed by atoms with van der Waals surface area (Å²) in [6, 6.07) is 5.95. The fraction of sp³-hybridized carbons (Fsp3) is 0.562. The van der Waals surface area contributed by atoms with Crippen molar-refractivity contribution in [1.82, 2.24) is 9.88 Å². The van der Waals surface area contributed by atoms with Gasteiger partial charge in [-0.2, -0.15) is 4.98 Å². The van der Waals surface area contributed by atoms with E-state index >= 15 is 0 Å². The molecule has 1 spiro atoms. The van der Waals surface area contributed by atoms with Gasteiger partial charge in [0.2, 0.25) is 0 Å². The second-order valence-electron chi connectivity index (χ2n) is 6.86. The van der Waals surface area contributed by atoms with Crippen LogP contribution < -0.4 is 10.6 Å². The van der Waals surface area contributed by atoms with Crippen LogP contribution in [0.1, 0.15) is 12.8 Å². The molecule has 2 unspecified atom stereocenters. The number of anilines is 1. The van der Waals surface area contributed by atoms with Crippen molar-refractivity contribution in [1.29, 1.82) is 0 Å². The second-order valence-corrected chi connectivity index (χ2v) is 7.30. The molecule has 6 nitrogen and oxygen atoms in total. The third kappa shape index (κ3) is 2.09. The number of oxazole rings is 1. The first kappa shape index (κ1) is 14.0. The topological polar surface area (TPSA) is 67.8 Å². The predicted octanol–water partition coefficient (Wildman–Crippen LogP) is 2.02. The van der Waals surface area contributed by atoms with Crippen LogP contribution in [-0.4, -0.2) is 48.0 Å². The lowest BCUT2D eigenvalue weighted by Crippen LogP contribution is -2.61. The number of benzene rings is 1. The molecule has 2 bridgehead atoms. The van der Waals surface area contributed by atoms with Crippen LogP contribution in [-0.2, 0) is 4.74 Å². The van der Waals surface area contributed by atoms with Crippen LogP contribution in [0.25, 0.3) is 11.1 Å². The minimum absolute atomic E-state index is 0.186. The average Bonchev–Trinajstić information content (AvgIpc) is 3.09. The summed E-state index contributed by atoms with van der Waals surface area (Å²) in [7, 11) is 0. The monoisotopic (exact) mass is 334 g/mol. The van der Waals surface area contributed by atoms with Crippen LogP contribution in [0, 0.1) is 5.92 Å². The molecule has 5 heterocycles. The molecule has 4 saturated heterocycles. The molecule has 0 saturated carbocycles. The van der Waals surface area contributed by atoms with E-state index in [1.165, 1.54) is 25.9 Å². The number of halogens is 1. The van der Waals surface area contributed by atoms with E-state index in [4.69, 9.17) is 26.5 Å². The SMILES string of the molecule is NC1OC2(CN3CCC2CC3)CN1c1nc2cc(Cl)ccc2o1. The van der Waals surface area contributed by atoms with Crippen molar-refractivity contribution in [2.75, 3.05) is 31.1 Å². The Morgan fingerprint density at radius 3 is 2.83 bits per heavy atom. The lowest BCUT2D eigenvalue weighted by molar-refractivity contribution is -0.137. The summed E-state index contributed by atoms with van der Waals surface area (Å²) in [5.41, 5.74) is 7.53. The molecule has 4 fully saturated rings. The van der Waals surface area contributed by atoms with Gasteiger partial charge in [-0.05, 0) is 50.0 Å². The van der Waals surface area contributed by atoms with Gasteiger partial charge in [0.1, 0.15) is 11.1 Å². The van der Waals surface area contributed by atoms with Gasteiger partial charge in [0.05, 0.1) is 6.54 Å². The molecule has 4 aliphatic rings. The summed E-state index contributed by atoms with van der Waals surface area (Å²) >= 11 is 6.03. The van der Waals surface area contributed by atoms with E-state index in [1.807, 2.05) is 11.0 Å². The van der Waals surface area contributed by atoms with Gasteiger partial charge >= 0.3 is 6.01 Å². The standard InChI is InChI=1S/C16H19ClN4O2/c17-11-1-2-13-12(7-11)19-15(22-13)21-9-16(23-14(21)18)8-20-5-3-10(16)4-6-20/h1-2,7,10,14H,3-6,8-9,18H2. The first-order valence-electron chi connectivity index (χ1n) is 8.11. The van der Waals surface area contributed by atoms with Gasteiger partial charge in [-0.15, -0.1) is 0 Å². The van der Waals surface area contributed by atoms with Crippen LogP contribution in [0.2, 0.25) is 5.02 Å². The molecule has 7 heteroatoms. The van der Waals surface area contributed by atoms with Crippen molar-refractivity contribution in [2.45, 2.75) is 24.8 Å². The molecule has 2 N–H and O–H groups in total. The quantitative estimate of drug-likeness (QED) is 0.860. The Labute approximate surface area is 139 Å². The van der Waals surface area contributed by atoms with E-state index in [9.17, 15) is 0 Å². The van der Waals surface area contributed by atoms with Gasteiger partial charge in [0, 0.05) is 11.6 Å². The predicted molar refractivity (Wildman–Crippen MR) is 87.3 cm³/mol. The van der Waals surface area contributed by atoms with E-state index in [2.05, 4.69) is 9.88 Å². The van der Waals surface area contributed by atoms with E-state index in [1.54, 1.807) is 12.1 Å². The number of hydrogen-bond acceptors (Lipinski definition) is 6. The molecule has 4 aliphatic heterocycles. The van der Waals surface area contributed by atoms with Crippen LogP contribution in [0.5, 0.6) is 0 Å². The highest BCUT2D eigenvalue weighted by atomic mass is 35.5. The lowest BCUT2D eigenvalue weighted by atomic mass is 9.75. The highest BCUT2D eigenvalue weighted by molar-refractivity contribution is 6.31. The summed E-state index contributed by atoms with van der Waals surface area (Å²) in [6.07, 6.45) is 1.85. The minimum Gasteiger partial charge on any atom is -0.423 e. The summed E-state index contributed by atoms with van der Waals surface area (Å²) in [4.78, 5) is 8.96. The normalized spacial score (nSPS) is 36.4. The van der Waals surface area contributed by atoms with Crippen molar-refractivity contribution < 1.29 is 9.15 Å². The number of ether oxygens (including phenoxy) is 1. The van der Waals surface area contributed by atoms with Crippen molar-refractivity contribution >= 4 is 28.7 Å². The maximum absolute atomic E-state index is 6.26. The van der Waals surface area contributed by atoms with Gasteiger partial charge in [-0.25, -0.2) is 0 Å². The zero-order chi connectivity index (χ0) is 15.6. The fourth-order valence-electron chi connectivity index (χ4n) is 4.34. The van der Waals surface area contributed by atoms with Gasteiger partial charge in [0.25, 0.3) is 0 Å². The van der Waals surface area contributed by atoms with Crippen LogP contribution in [0.15, 0.2) is 22.6 Å². The Morgan fingerprint density at radius 1 is 1.26 bits per heavy atom. The lowest BCUT2D eigenvalue weighted by Gasteiger charge is -2.50. The third-order valence-corrected chi connectivity index (χ3v) is 5.74. The molecule has 2 atom stereocenters. The average molecular weight is 335 g/mol. The zero-order valence-electron chi connectivity index (χ0n) is 12.7. The molecular weight excluding hydrogens is 316 g/mol. The number of aromatic nitrogens is 1. The molecular formula is C16H19ClN4O2. The molecule has 1 aromatic heterocycles. The molecule has 122 valence electrons. The Bertz CT molecular complexity index is 758. The number of nitrogens with zero attached hydrogens (tertiary/aromatic N) is 3. The molecule has 6 rings (SSSR count). The maximum atomic E-state index is 6.26. The number of nitrogens with two attached hydrogens (primary N) is 1. The Kier molecular flexibility index (Phi) is 2.95. The Morgan fingerprint density at radius 2 is 2.09 bits per heavy atom. The van der Waals surface area contributed by atoms with E-state index in [0.717, 1.165) is 18.6 Å². The third-order valence-electron chi connectivity index (χ3n) is 5.51. The van der Waals surface area contributed by atoms with Gasteiger partial charge < -0.3 is 14.1 Å². The molecule has 0 radical (unpaired) electrons. The smallest absolute Gasteiger partial charge is 0.301 e. The summed E-state index contributed by atoms with van der Waals surface area (Å²) in [5, 5.41) is 0.646. The van der Waals surface area contributed by atoms with Crippen molar-refractivity contribution in [3.8, 4) is 0 Å². The van der Waals surface area contributed by atoms with Crippen molar-refractivity contribution in [3.05, 3.63) is 23.2 Å². The molecule has 23 heavy (non-hydrogen) atoms. The van der Waals surface area contributed by atoms with Crippen LogP contribution in [0.3, 0.4) is 0 Å². The number of fused-ring (bicyclic) bond motifs is 3. The fourth-order valence-corrected chi connectivity index (χ4v) is 4.51. The molecule has 0 aliphatic carbocycles. The van der Waals surface area contributed by atoms with Crippen LogP contribution >= 0.6 is 11.6 Å². The summed E-state index contributed by atoms with van der Waals surface area (Å²) in [5.74, 6) is 0.572. The Hall–Kier alpha value is -1.34. The van der Waals surface area contributed by atoms with Gasteiger partial charge in [-0.1, -0.05) is 11.6 Å². The van der Waals surface area contributed by atoms with E-state index in [-0.39, 0.29) is 5.60 Å². The van der Waals surface area contributed by atoms with Crippen molar-refractivity contribution in [2.24, 2.45) is 11.7 Å². The number of rotatable bonds is 1. The van der Waals surface area contributed by atoms with Gasteiger partial charge in [0.15, 0.2) is 11.9 Å². The minimum atomic E-state index is -0.515. The van der Waals surface area contributed by atoms with E-state index < -0.39 is 6.35 Å². The Balaban J connectivity index is 1.48. The highest BCUT2D eigenvalue weighted by Gasteiger charge is 2.54. The van der Waals surface area contributed by atoms with E-state index in [0.29, 0.717) is 22.5 Å². The number of piperidine rings is 3. The first-order valence-corrected chi connectivity index (χ1v) is 8.49. The maximum Gasteiger partial charge on any atom is 0.301 e. The highest BCUT2D eigenvalue weighted by Crippen LogP contribution is 2.43. The summed E-state index contributed by atoms with van der Waals surface area (Å²) in [6.45, 7) is 4.03. The second kappa shape index (κ2) is 4.83. The zero-order valence-corrected chi connectivity index (χ0v) is 13.5. The molecule has 0 amide bonds. The summed E-state index contributed by atoms with van der Waals surface area (Å²) < 4.78 is 12.1. The molecule has 1 aromatic carbocycles.